The SMILES string of the molecule is CN1c2c(Cl)cccc2SCC1C(=O)O. The summed E-state index contributed by atoms with van der Waals surface area (Å²) in [6.45, 7) is 0. The number of carboxylic acid groups (broad SMARTS) is 1. The first-order valence-corrected chi connectivity index (χ1v) is 5.84. The van der Waals surface area contributed by atoms with Crippen molar-refractivity contribution in [3.8, 4) is 0 Å². The maximum Gasteiger partial charge on any atom is 0.327 e. The van der Waals surface area contributed by atoms with Gasteiger partial charge < -0.3 is 10.0 Å². The number of carbonyl (C=O) groups is 1. The van der Waals surface area contributed by atoms with Crippen molar-refractivity contribution in [1.82, 2.24) is 0 Å². The molecule has 1 aromatic carbocycles. The maximum atomic E-state index is 11.0. The van der Waals surface area contributed by atoms with Gasteiger partial charge in [-0.05, 0) is 12.1 Å². The molecule has 1 aliphatic rings. The lowest BCUT2D eigenvalue weighted by Gasteiger charge is -2.33. The highest BCUT2D eigenvalue weighted by atomic mass is 35.5. The molecule has 2 rings (SSSR count). The van der Waals surface area contributed by atoms with E-state index in [9.17, 15) is 4.79 Å². The largest absolute Gasteiger partial charge is 0.480 e. The van der Waals surface area contributed by atoms with E-state index in [1.54, 1.807) is 18.0 Å². The summed E-state index contributed by atoms with van der Waals surface area (Å²) in [5, 5.41) is 9.63. The van der Waals surface area contributed by atoms with Gasteiger partial charge in [-0.25, -0.2) is 4.79 Å². The summed E-state index contributed by atoms with van der Waals surface area (Å²) in [6.07, 6.45) is 0. The molecule has 1 aliphatic heterocycles. The lowest BCUT2D eigenvalue weighted by molar-refractivity contribution is -0.138. The molecule has 5 heteroatoms. The van der Waals surface area contributed by atoms with Crippen LogP contribution in [-0.4, -0.2) is 29.9 Å². The third-order valence-corrected chi connectivity index (χ3v) is 3.88. The number of hydrogen-bond acceptors (Lipinski definition) is 3. The van der Waals surface area contributed by atoms with Crippen LogP contribution in [0.5, 0.6) is 0 Å². The van der Waals surface area contributed by atoms with E-state index >= 15 is 0 Å². The first-order chi connectivity index (χ1) is 7.11. The summed E-state index contributed by atoms with van der Waals surface area (Å²) >= 11 is 7.60. The third-order valence-electron chi connectivity index (χ3n) is 2.45. The minimum absolute atomic E-state index is 0.498. The van der Waals surface area contributed by atoms with Crippen LogP contribution in [0.4, 0.5) is 5.69 Å². The molecule has 0 aromatic heterocycles. The Balaban J connectivity index is 2.45. The number of fused-ring (bicyclic) bond motifs is 1. The fraction of sp³-hybridized carbons (Fsp3) is 0.300. The van der Waals surface area contributed by atoms with E-state index in [4.69, 9.17) is 16.7 Å². The standard InChI is InChI=1S/C10H10ClNO2S/c1-12-7(10(13)14)5-15-8-4-2-3-6(11)9(8)12/h2-4,7H,5H2,1H3,(H,13,14). The summed E-state index contributed by atoms with van der Waals surface area (Å²) in [4.78, 5) is 13.8. The zero-order valence-electron chi connectivity index (χ0n) is 8.11. The molecule has 1 atom stereocenters. The molecule has 0 radical (unpaired) electrons. The quantitative estimate of drug-likeness (QED) is 0.822. The van der Waals surface area contributed by atoms with Crippen LogP contribution >= 0.6 is 23.4 Å². The number of hydrogen-bond donors (Lipinski definition) is 1. The van der Waals surface area contributed by atoms with Crippen LogP contribution in [0.25, 0.3) is 0 Å². The van der Waals surface area contributed by atoms with Gasteiger partial charge in [0.05, 0.1) is 10.7 Å². The van der Waals surface area contributed by atoms with Crippen molar-refractivity contribution in [2.75, 3.05) is 17.7 Å². The van der Waals surface area contributed by atoms with Gasteiger partial charge in [-0.3, -0.25) is 0 Å². The van der Waals surface area contributed by atoms with Crippen LogP contribution in [0.1, 0.15) is 0 Å². The van der Waals surface area contributed by atoms with E-state index < -0.39 is 12.0 Å². The van der Waals surface area contributed by atoms with E-state index in [1.807, 2.05) is 12.1 Å². The zero-order chi connectivity index (χ0) is 11.0. The highest BCUT2D eigenvalue weighted by Gasteiger charge is 2.30. The smallest absolute Gasteiger partial charge is 0.327 e. The number of aliphatic carboxylic acids is 1. The average molecular weight is 244 g/mol. The van der Waals surface area contributed by atoms with Crippen molar-refractivity contribution in [1.29, 1.82) is 0 Å². The van der Waals surface area contributed by atoms with Gasteiger partial charge in [-0.15, -0.1) is 11.8 Å². The van der Waals surface area contributed by atoms with Crippen molar-refractivity contribution in [3.05, 3.63) is 23.2 Å². The second kappa shape index (κ2) is 3.94. The maximum absolute atomic E-state index is 11.0. The Labute approximate surface area is 97.0 Å². The molecule has 0 saturated carbocycles. The number of benzene rings is 1. The fourth-order valence-electron chi connectivity index (χ4n) is 1.63. The molecule has 1 unspecified atom stereocenters. The van der Waals surface area contributed by atoms with Crippen molar-refractivity contribution >= 4 is 35.0 Å². The average Bonchev–Trinajstić information content (AvgIpc) is 2.17. The lowest BCUT2D eigenvalue weighted by Crippen LogP contribution is -2.42. The Morgan fingerprint density at radius 3 is 3.07 bits per heavy atom. The number of halogens is 1. The Kier molecular flexibility index (Phi) is 2.80. The van der Waals surface area contributed by atoms with Crippen molar-refractivity contribution in [2.24, 2.45) is 0 Å². The van der Waals surface area contributed by atoms with Gasteiger partial charge in [0.2, 0.25) is 0 Å². The van der Waals surface area contributed by atoms with Gasteiger partial charge in [-0.1, -0.05) is 17.7 Å². The Bertz CT molecular complexity index is 410. The first kappa shape index (κ1) is 10.6. The number of anilines is 1. The van der Waals surface area contributed by atoms with Gasteiger partial charge in [0.15, 0.2) is 0 Å². The lowest BCUT2D eigenvalue weighted by atomic mass is 10.2. The van der Waals surface area contributed by atoms with Crippen LogP contribution in [-0.2, 0) is 4.79 Å². The summed E-state index contributed by atoms with van der Waals surface area (Å²) in [5.74, 6) is -0.255. The van der Waals surface area contributed by atoms with Crippen molar-refractivity contribution in [3.63, 3.8) is 0 Å². The van der Waals surface area contributed by atoms with Gasteiger partial charge in [0, 0.05) is 17.7 Å². The second-order valence-corrected chi connectivity index (χ2v) is 4.83. The molecule has 1 N–H and O–H groups in total. The number of thioether (sulfide) groups is 1. The Hall–Kier alpha value is -0.870. The number of para-hydroxylation sites is 1. The first-order valence-electron chi connectivity index (χ1n) is 4.48. The second-order valence-electron chi connectivity index (χ2n) is 3.36. The molecule has 15 heavy (non-hydrogen) atoms. The molecule has 0 spiro atoms. The molecule has 1 heterocycles. The number of carboxylic acids is 1. The Morgan fingerprint density at radius 2 is 2.40 bits per heavy atom. The third kappa shape index (κ3) is 1.79. The zero-order valence-corrected chi connectivity index (χ0v) is 9.68. The predicted octanol–water partition coefficient (Wildman–Crippen LogP) is 2.34. The summed E-state index contributed by atoms with van der Waals surface area (Å²) in [5.41, 5.74) is 0.822. The van der Waals surface area contributed by atoms with E-state index in [-0.39, 0.29) is 0 Å². The minimum atomic E-state index is -0.810. The van der Waals surface area contributed by atoms with Crippen LogP contribution < -0.4 is 4.90 Å². The van der Waals surface area contributed by atoms with Crippen LogP contribution in [0.3, 0.4) is 0 Å². The summed E-state index contributed by atoms with van der Waals surface area (Å²) in [6, 6.07) is 5.12. The van der Waals surface area contributed by atoms with E-state index in [0.29, 0.717) is 10.8 Å². The number of likely N-dealkylation sites (N-methyl/N-ethyl adjacent to an activating group) is 1. The Morgan fingerprint density at radius 1 is 1.67 bits per heavy atom. The minimum Gasteiger partial charge on any atom is -0.480 e. The molecule has 0 bridgehead atoms. The van der Waals surface area contributed by atoms with Crippen molar-refractivity contribution in [2.45, 2.75) is 10.9 Å². The van der Waals surface area contributed by atoms with E-state index in [0.717, 1.165) is 10.6 Å². The van der Waals surface area contributed by atoms with Gasteiger partial charge in [0.1, 0.15) is 6.04 Å². The summed E-state index contributed by atoms with van der Waals surface area (Å²) in [7, 11) is 1.77. The highest BCUT2D eigenvalue weighted by molar-refractivity contribution is 7.99. The molecule has 3 nitrogen and oxygen atoms in total. The molecular weight excluding hydrogens is 234 g/mol. The van der Waals surface area contributed by atoms with Gasteiger partial charge in [0.25, 0.3) is 0 Å². The number of rotatable bonds is 1. The van der Waals surface area contributed by atoms with E-state index in [1.165, 1.54) is 11.8 Å². The van der Waals surface area contributed by atoms with E-state index in [2.05, 4.69) is 0 Å². The molecular formula is C10H10ClNO2S. The predicted molar refractivity (Wildman–Crippen MR) is 62.0 cm³/mol. The topological polar surface area (TPSA) is 40.5 Å². The normalized spacial score (nSPS) is 19.9. The molecule has 0 fully saturated rings. The monoisotopic (exact) mass is 243 g/mol. The van der Waals surface area contributed by atoms with Crippen LogP contribution in [0, 0.1) is 0 Å². The molecule has 0 aliphatic carbocycles. The molecule has 0 amide bonds. The van der Waals surface area contributed by atoms with Gasteiger partial charge in [-0.2, -0.15) is 0 Å². The molecule has 80 valence electrons. The molecule has 0 saturated heterocycles. The van der Waals surface area contributed by atoms with Crippen molar-refractivity contribution < 1.29 is 9.90 Å². The highest BCUT2D eigenvalue weighted by Crippen LogP contribution is 2.41. The summed E-state index contributed by atoms with van der Waals surface area (Å²) < 4.78 is 0. The van der Waals surface area contributed by atoms with Gasteiger partial charge >= 0.3 is 5.97 Å². The molecule has 1 aromatic rings. The fourth-order valence-corrected chi connectivity index (χ4v) is 3.26. The van der Waals surface area contributed by atoms with Crippen LogP contribution in [0.2, 0.25) is 5.02 Å². The van der Waals surface area contributed by atoms with Crippen LogP contribution in [0.15, 0.2) is 23.1 Å². The number of nitrogens with zero attached hydrogens (tertiary/aromatic N) is 1.